The Morgan fingerprint density at radius 2 is 2.00 bits per heavy atom. The maximum Gasteiger partial charge on any atom is 0.341 e. The van der Waals surface area contributed by atoms with Gasteiger partial charge in [-0.3, -0.25) is 4.79 Å². The molecule has 3 rings (SSSR count). The van der Waals surface area contributed by atoms with Crippen LogP contribution in [0, 0.1) is 6.92 Å². The van der Waals surface area contributed by atoms with Gasteiger partial charge in [0.1, 0.15) is 6.10 Å². The Balaban J connectivity index is 1.75. The summed E-state index contributed by atoms with van der Waals surface area (Å²) >= 11 is 0. The summed E-state index contributed by atoms with van der Waals surface area (Å²) < 4.78 is 55.3. The molecule has 144 valence electrons. The summed E-state index contributed by atoms with van der Waals surface area (Å²) in [4.78, 5) is 17.6. The highest BCUT2D eigenvalue weighted by Crippen LogP contribution is 2.25. The predicted molar refractivity (Wildman–Crippen MR) is 93.5 cm³/mol. The molecule has 9 heteroatoms. The molecule has 6 nitrogen and oxygen atoms in total. The second kappa shape index (κ2) is 7.59. The molecule has 1 aliphatic rings. The first-order chi connectivity index (χ1) is 12.8. The molecule has 1 aliphatic heterocycles. The maximum atomic E-state index is 12.9. The molecule has 1 atom stereocenters. The lowest BCUT2D eigenvalue weighted by atomic mass is 10.2. The van der Waals surface area contributed by atoms with Crippen molar-refractivity contribution >= 4 is 15.7 Å². The van der Waals surface area contributed by atoms with Crippen LogP contribution >= 0.6 is 0 Å². The zero-order valence-electron chi connectivity index (χ0n) is 14.5. The molecule has 1 unspecified atom stereocenters. The number of aromatic nitrogens is 1. The van der Waals surface area contributed by atoms with Gasteiger partial charge in [-0.15, -0.1) is 0 Å². The third kappa shape index (κ3) is 4.08. The lowest BCUT2D eigenvalue weighted by Crippen LogP contribution is -2.32. The average Bonchev–Trinajstić information content (AvgIpc) is 3.11. The fourth-order valence-corrected chi connectivity index (χ4v) is 3.78. The smallest absolute Gasteiger partial charge is 0.341 e. The molecule has 27 heavy (non-hydrogen) atoms. The summed E-state index contributed by atoms with van der Waals surface area (Å²) in [6.45, 7) is 2.45. The lowest BCUT2D eigenvalue weighted by molar-refractivity contribution is 0.0767. The van der Waals surface area contributed by atoms with E-state index in [1.165, 1.54) is 23.1 Å². The second-order valence-corrected chi connectivity index (χ2v) is 8.14. The summed E-state index contributed by atoms with van der Waals surface area (Å²) in [6.07, 6.45) is 1.90. The van der Waals surface area contributed by atoms with E-state index in [2.05, 4.69) is 4.98 Å². The normalized spacial score (nSPS) is 17.3. The van der Waals surface area contributed by atoms with Crippen LogP contribution in [0.1, 0.15) is 22.3 Å². The quantitative estimate of drug-likeness (QED) is 0.777. The van der Waals surface area contributed by atoms with Gasteiger partial charge in [0.2, 0.25) is 15.7 Å². The number of hydrogen-bond acceptors (Lipinski definition) is 5. The number of halogens is 2. The van der Waals surface area contributed by atoms with E-state index in [1.54, 1.807) is 12.3 Å². The van der Waals surface area contributed by atoms with Gasteiger partial charge in [0.25, 0.3) is 5.91 Å². The lowest BCUT2D eigenvalue weighted by Gasteiger charge is -2.18. The first-order valence-corrected chi connectivity index (χ1v) is 9.83. The molecular formula is C18H18F2N2O4S. The fourth-order valence-electron chi connectivity index (χ4n) is 2.86. The summed E-state index contributed by atoms with van der Waals surface area (Å²) in [6, 6.07) is 8.60. The first kappa shape index (κ1) is 19.2. The molecule has 0 spiro atoms. The predicted octanol–water partition coefficient (Wildman–Crippen LogP) is 2.68. The van der Waals surface area contributed by atoms with Crippen LogP contribution < -0.4 is 4.74 Å². The maximum absolute atomic E-state index is 12.9. The Morgan fingerprint density at radius 1 is 1.26 bits per heavy atom. The van der Waals surface area contributed by atoms with E-state index in [0.29, 0.717) is 18.8 Å². The van der Waals surface area contributed by atoms with Gasteiger partial charge in [-0.25, -0.2) is 13.4 Å². The van der Waals surface area contributed by atoms with E-state index in [0.717, 1.165) is 11.6 Å². The van der Waals surface area contributed by atoms with Crippen LogP contribution in [0.4, 0.5) is 8.78 Å². The number of nitrogens with zero attached hydrogens (tertiary/aromatic N) is 2. The Labute approximate surface area is 155 Å². The molecule has 0 bridgehead atoms. The van der Waals surface area contributed by atoms with Crippen molar-refractivity contribution in [3.8, 4) is 5.88 Å². The van der Waals surface area contributed by atoms with Crippen molar-refractivity contribution in [3.63, 3.8) is 0 Å². The van der Waals surface area contributed by atoms with E-state index in [9.17, 15) is 22.0 Å². The van der Waals surface area contributed by atoms with Crippen molar-refractivity contribution < 1.29 is 26.7 Å². The Morgan fingerprint density at radius 3 is 2.67 bits per heavy atom. The molecule has 1 aromatic heterocycles. The topological polar surface area (TPSA) is 76.6 Å². The Hall–Kier alpha value is -2.55. The number of rotatable bonds is 5. The average molecular weight is 396 g/mol. The monoisotopic (exact) mass is 396 g/mol. The standard InChI is InChI=1S/C18H18F2N2O4S/c1-12-6-7-16(21-10-12)26-13-8-9-22(11-13)17(23)14-4-2-3-5-15(14)27(24,25)18(19)20/h2-7,10,13,18H,8-9,11H2,1H3. The number of alkyl halides is 2. The van der Waals surface area contributed by atoms with E-state index in [4.69, 9.17) is 4.74 Å². The van der Waals surface area contributed by atoms with Gasteiger partial charge in [0.05, 0.1) is 17.0 Å². The minimum absolute atomic E-state index is 0.220. The number of sulfone groups is 1. The molecule has 2 aromatic rings. The number of likely N-dealkylation sites (tertiary alicyclic amines) is 1. The highest BCUT2D eigenvalue weighted by atomic mass is 32.2. The SMILES string of the molecule is Cc1ccc(OC2CCN(C(=O)c3ccccc3S(=O)(=O)C(F)F)C2)nc1. The van der Waals surface area contributed by atoms with Gasteiger partial charge >= 0.3 is 5.76 Å². The first-order valence-electron chi connectivity index (χ1n) is 8.28. The van der Waals surface area contributed by atoms with Crippen LogP contribution in [-0.4, -0.2) is 49.2 Å². The third-order valence-corrected chi connectivity index (χ3v) is 5.70. The van der Waals surface area contributed by atoms with Gasteiger partial charge in [-0.1, -0.05) is 18.2 Å². The van der Waals surface area contributed by atoms with Crippen LogP contribution in [0.2, 0.25) is 0 Å². The van der Waals surface area contributed by atoms with Gasteiger partial charge in [-0.2, -0.15) is 8.78 Å². The zero-order valence-corrected chi connectivity index (χ0v) is 15.3. The molecule has 1 aromatic carbocycles. The highest BCUT2D eigenvalue weighted by Gasteiger charge is 2.34. The third-order valence-electron chi connectivity index (χ3n) is 4.26. The minimum Gasteiger partial charge on any atom is -0.472 e. The fraction of sp³-hybridized carbons (Fsp3) is 0.333. The molecule has 2 heterocycles. The highest BCUT2D eigenvalue weighted by molar-refractivity contribution is 7.91. The van der Waals surface area contributed by atoms with Crippen molar-refractivity contribution in [2.45, 2.75) is 30.1 Å². The van der Waals surface area contributed by atoms with Crippen molar-refractivity contribution in [2.75, 3.05) is 13.1 Å². The van der Waals surface area contributed by atoms with Crippen molar-refractivity contribution in [1.29, 1.82) is 0 Å². The molecule has 1 amide bonds. The number of aryl methyl sites for hydroxylation is 1. The molecule has 1 fully saturated rings. The van der Waals surface area contributed by atoms with Crippen molar-refractivity contribution in [1.82, 2.24) is 9.88 Å². The minimum atomic E-state index is -4.87. The van der Waals surface area contributed by atoms with Crippen molar-refractivity contribution in [2.24, 2.45) is 0 Å². The second-order valence-electron chi connectivity index (χ2n) is 6.26. The molecular weight excluding hydrogens is 378 g/mol. The summed E-state index contributed by atoms with van der Waals surface area (Å²) in [5.41, 5.74) is 0.731. The Bertz CT molecular complexity index is 933. The number of amides is 1. The molecule has 1 saturated heterocycles. The van der Waals surface area contributed by atoms with E-state index in [1.807, 2.05) is 13.0 Å². The van der Waals surface area contributed by atoms with E-state index < -0.39 is 26.4 Å². The largest absolute Gasteiger partial charge is 0.472 e. The Kier molecular flexibility index (Phi) is 5.41. The molecule has 0 radical (unpaired) electrons. The van der Waals surface area contributed by atoms with Gasteiger partial charge < -0.3 is 9.64 Å². The van der Waals surface area contributed by atoms with E-state index in [-0.39, 0.29) is 18.2 Å². The number of benzene rings is 1. The number of pyridine rings is 1. The zero-order chi connectivity index (χ0) is 19.6. The van der Waals surface area contributed by atoms with Gasteiger partial charge in [-0.05, 0) is 24.6 Å². The molecule has 0 N–H and O–H groups in total. The summed E-state index contributed by atoms with van der Waals surface area (Å²) in [7, 11) is -4.87. The van der Waals surface area contributed by atoms with Crippen LogP contribution in [0.5, 0.6) is 5.88 Å². The van der Waals surface area contributed by atoms with Gasteiger partial charge in [0, 0.05) is 25.2 Å². The van der Waals surface area contributed by atoms with Crippen LogP contribution in [-0.2, 0) is 9.84 Å². The molecule has 0 saturated carbocycles. The summed E-state index contributed by atoms with van der Waals surface area (Å²) in [5.74, 6) is -3.77. The van der Waals surface area contributed by atoms with E-state index >= 15 is 0 Å². The van der Waals surface area contributed by atoms with Crippen LogP contribution in [0.3, 0.4) is 0 Å². The van der Waals surface area contributed by atoms with Gasteiger partial charge in [0.15, 0.2) is 0 Å². The number of carbonyl (C=O) groups excluding carboxylic acids is 1. The number of hydrogen-bond donors (Lipinski definition) is 0. The number of ether oxygens (including phenoxy) is 1. The van der Waals surface area contributed by atoms with Crippen molar-refractivity contribution in [3.05, 3.63) is 53.7 Å². The van der Waals surface area contributed by atoms with Crippen LogP contribution in [0.15, 0.2) is 47.5 Å². The number of carbonyl (C=O) groups is 1. The molecule has 0 aliphatic carbocycles. The summed E-state index contributed by atoms with van der Waals surface area (Å²) in [5, 5.41) is 0. The van der Waals surface area contributed by atoms with Crippen LogP contribution in [0.25, 0.3) is 0 Å².